The van der Waals surface area contributed by atoms with Crippen LogP contribution >= 0.6 is 0 Å². The molecule has 0 aromatic heterocycles. The van der Waals surface area contributed by atoms with Crippen LogP contribution in [-0.4, -0.2) is 17.2 Å². The van der Waals surface area contributed by atoms with Crippen molar-refractivity contribution in [2.75, 3.05) is 0 Å². The van der Waals surface area contributed by atoms with Gasteiger partial charge in [0, 0.05) is 11.1 Å². The number of hydrogen-bond acceptors (Lipinski definition) is 2. The topological polar surface area (TPSA) is 24.1 Å². The molecule has 0 amide bonds. The van der Waals surface area contributed by atoms with Gasteiger partial charge in [0.25, 0.3) is 0 Å². The standard InChI is InChI=1S/C12H28N2/c1-9(2)10(13-11(3,4)5)14-12(6,7)8/h9-10,13-14H,1-8H3. The zero-order valence-corrected chi connectivity index (χ0v) is 11.2. The Balaban J connectivity index is 4.32. The van der Waals surface area contributed by atoms with E-state index in [1.165, 1.54) is 0 Å². The lowest BCUT2D eigenvalue weighted by Gasteiger charge is -2.36. The van der Waals surface area contributed by atoms with Crippen molar-refractivity contribution in [1.29, 1.82) is 0 Å². The molecule has 0 heterocycles. The summed E-state index contributed by atoms with van der Waals surface area (Å²) in [6, 6.07) is 0. The first-order valence-electron chi connectivity index (χ1n) is 5.57. The third-order valence-corrected chi connectivity index (χ3v) is 1.84. The minimum absolute atomic E-state index is 0.160. The Morgan fingerprint density at radius 2 is 1.00 bits per heavy atom. The fraction of sp³-hybridized carbons (Fsp3) is 1.00. The van der Waals surface area contributed by atoms with Gasteiger partial charge in [-0.3, -0.25) is 10.6 Å². The molecule has 2 nitrogen and oxygen atoms in total. The van der Waals surface area contributed by atoms with E-state index in [-0.39, 0.29) is 11.1 Å². The van der Waals surface area contributed by atoms with Gasteiger partial charge >= 0.3 is 0 Å². The van der Waals surface area contributed by atoms with Crippen molar-refractivity contribution in [2.45, 2.75) is 72.6 Å². The van der Waals surface area contributed by atoms with Crippen LogP contribution in [0.5, 0.6) is 0 Å². The average Bonchev–Trinajstić information content (AvgIpc) is 1.78. The second-order valence-corrected chi connectivity index (χ2v) is 6.51. The van der Waals surface area contributed by atoms with Crippen LogP contribution in [0.25, 0.3) is 0 Å². The fourth-order valence-corrected chi connectivity index (χ4v) is 1.30. The van der Waals surface area contributed by atoms with Crippen molar-refractivity contribution < 1.29 is 0 Å². The van der Waals surface area contributed by atoms with Crippen molar-refractivity contribution in [3.05, 3.63) is 0 Å². The smallest absolute Gasteiger partial charge is 0.0603 e. The van der Waals surface area contributed by atoms with Gasteiger partial charge in [0.15, 0.2) is 0 Å². The van der Waals surface area contributed by atoms with Gasteiger partial charge in [0.05, 0.1) is 6.17 Å². The molecule has 0 saturated heterocycles. The van der Waals surface area contributed by atoms with Gasteiger partial charge in [-0.1, -0.05) is 13.8 Å². The summed E-state index contributed by atoms with van der Waals surface area (Å²) in [6.07, 6.45) is 0.370. The van der Waals surface area contributed by atoms with Crippen LogP contribution in [0.2, 0.25) is 0 Å². The van der Waals surface area contributed by atoms with Crippen LogP contribution in [0.1, 0.15) is 55.4 Å². The highest BCUT2D eigenvalue weighted by Crippen LogP contribution is 2.10. The minimum Gasteiger partial charge on any atom is -0.297 e. The van der Waals surface area contributed by atoms with Gasteiger partial charge in [0.1, 0.15) is 0 Å². The summed E-state index contributed by atoms with van der Waals surface area (Å²) in [6.45, 7) is 17.7. The van der Waals surface area contributed by atoms with Crippen LogP contribution < -0.4 is 10.6 Å². The summed E-state index contributed by atoms with van der Waals surface area (Å²) in [5, 5.41) is 7.20. The molecule has 0 aliphatic heterocycles. The second kappa shape index (κ2) is 4.63. The molecule has 2 heteroatoms. The van der Waals surface area contributed by atoms with Crippen molar-refractivity contribution in [2.24, 2.45) is 5.92 Å². The molecule has 0 aliphatic rings. The monoisotopic (exact) mass is 200 g/mol. The van der Waals surface area contributed by atoms with E-state index in [9.17, 15) is 0 Å². The van der Waals surface area contributed by atoms with Gasteiger partial charge in [-0.2, -0.15) is 0 Å². The van der Waals surface area contributed by atoms with E-state index < -0.39 is 0 Å². The molecule has 14 heavy (non-hydrogen) atoms. The number of hydrogen-bond donors (Lipinski definition) is 2. The molecular formula is C12H28N2. The van der Waals surface area contributed by atoms with Crippen molar-refractivity contribution >= 4 is 0 Å². The number of nitrogens with one attached hydrogen (secondary N) is 2. The Hall–Kier alpha value is -0.0800. The quantitative estimate of drug-likeness (QED) is 0.685. The van der Waals surface area contributed by atoms with Crippen molar-refractivity contribution in [1.82, 2.24) is 10.6 Å². The normalized spacial score (nSPS) is 14.1. The largest absolute Gasteiger partial charge is 0.297 e. The predicted molar refractivity (Wildman–Crippen MR) is 64.4 cm³/mol. The van der Waals surface area contributed by atoms with E-state index in [0.717, 1.165) is 0 Å². The molecular weight excluding hydrogens is 172 g/mol. The molecule has 0 rings (SSSR count). The SMILES string of the molecule is CC(C)C(NC(C)(C)C)NC(C)(C)C. The highest BCUT2D eigenvalue weighted by molar-refractivity contribution is 4.83. The summed E-state index contributed by atoms with van der Waals surface area (Å²) in [5.41, 5.74) is 0.320. The van der Waals surface area contributed by atoms with E-state index >= 15 is 0 Å². The summed E-state index contributed by atoms with van der Waals surface area (Å²) in [5.74, 6) is 0.591. The zero-order valence-electron chi connectivity index (χ0n) is 11.2. The maximum Gasteiger partial charge on any atom is 0.0603 e. The first-order valence-corrected chi connectivity index (χ1v) is 5.57. The van der Waals surface area contributed by atoms with Crippen LogP contribution in [0.4, 0.5) is 0 Å². The van der Waals surface area contributed by atoms with Crippen molar-refractivity contribution in [3.8, 4) is 0 Å². The first kappa shape index (κ1) is 13.9. The molecule has 0 spiro atoms. The molecule has 0 unspecified atom stereocenters. The van der Waals surface area contributed by atoms with E-state index in [1.807, 2.05) is 0 Å². The van der Waals surface area contributed by atoms with Crippen molar-refractivity contribution in [3.63, 3.8) is 0 Å². The first-order chi connectivity index (χ1) is 6.01. The lowest BCUT2D eigenvalue weighted by Crippen LogP contribution is -2.58. The van der Waals surface area contributed by atoms with Gasteiger partial charge in [-0.05, 0) is 47.5 Å². The Kier molecular flexibility index (Phi) is 4.60. The summed E-state index contributed by atoms with van der Waals surface area (Å²) in [7, 11) is 0. The third kappa shape index (κ3) is 7.34. The van der Waals surface area contributed by atoms with Crippen LogP contribution in [0, 0.1) is 5.92 Å². The molecule has 0 aliphatic carbocycles. The highest BCUT2D eigenvalue weighted by Gasteiger charge is 2.23. The third-order valence-electron chi connectivity index (χ3n) is 1.84. The maximum absolute atomic E-state index is 3.60. The predicted octanol–water partition coefficient (Wildman–Crippen LogP) is 2.74. The molecule has 2 N–H and O–H groups in total. The molecule has 86 valence electrons. The van der Waals surface area contributed by atoms with Crippen LogP contribution in [-0.2, 0) is 0 Å². The van der Waals surface area contributed by atoms with Gasteiger partial charge in [0.2, 0.25) is 0 Å². The van der Waals surface area contributed by atoms with Gasteiger partial charge in [-0.25, -0.2) is 0 Å². The second-order valence-electron chi connectivity index (χ2n) is 6.51. The molecule has 0 aromatic carbocycles. The van der Waals surface area contributed by atoms with Crippen LogP contribution in [0.3, 0.4) is 0 Å². The summed E-state index contributed by atoms with van der Waals surface area (Å²) >= 11 is 0. The molecule has 0 saturated carbocycles. The van der Waals surface area contributed by atoms with E-state index in [2.05, 4.69) is 66.0 Å². The van der Waals surface area contributed by atoms with E-state index in [1.54, 1.807) is 0 Å². The molecule has 0 atom stereocenters. The Labute approximate surface area is 89.9 Å². The fourth-order valence-electron chi connectivity index (χ4n) is 1.30. The highest BCUT2D eigenvalue weighted by atomic mass is 15.2. The van der Waals surface area contributed by atoms with Gasteiger partial charge < -0.3 is 0 Å². The van der Waals surface area contributed by atoms with E-state index in [0.29, 0.717) is 12.1 Å². The summed E-state index contributed by atoms with van der Waals surface area (Å²) < 4.78 is 0. The minimum atomic E-state index is 0.160. The average molecular weight is 200 g/mol. The molecule has 0 aromatic rings. The molecule has 0 fully saturated rings. The lowest BCUT2D eigenvalue weighted by molar-refractivity contribution is 0.216. The Morgan fingerprint density at radius 3 is 1.14 bits per heavy atom. The molecule has 0 radical (unpaired) electrons. The van der Waals surface area contributed by atoms with Crippen LogP contribution in [0.15, 0.2) is 0 Å². The lowest BCUT2D eigenvalue weighted by atomic mass is 10.0. The van der Waals surface area contributed by atoms with Gasteiger partial charge in [-0.15, -0.1) is 0 Å². The maximum atomic E-state index is 3.60. The number of rotatable bonds is 3. The summed E-state index contributed by atoms with van der Waals surface area (Å²) in [4.78, 5) is 0. The Bertz CT molecular complexity index is 144. The van der Waals surface area contributed by atoms with E-state index in [4.69, 9.17) is 0 Å². The molecule has 0 bridgehead atoms. The zero-order chi connectivity index (χ0) is 11.6. The Morgan fingerprint density at radius 1 is 0.714 bits per heavy atom.